The Morgan fingerprint density at radius 2 is 1.86 bits per heavy atom. The van der Waals surface area contributed by atoms with Gasteiger partial charge in [-0.15, -0.1) is 0 Å². The number of aliphatic hydroxyl groups excluding tert-OH is 1. The number of nitrogens with one attached hydrogen (secondary N) is 3. The van der Waals surface area contributed by atoms with Crippen molar-refractivity contribution in [2.45, 2.75) is 83.0 Å². The summed E-state index contributed by atoms with van der Waals surface area (Å²) in [5.74, 6) is -1.72. The van der Waals surface area contributed by atoms with Gasteiger partial charge in [-0.2, -0.15) is 0 Å². The van der Waals surface area contributed by atoms with Crippen LogP contribution in [-0.4, -0.2) is 84.7 Å². The van der Waals surface area contributed by atoms with Crippen molar-refractivity contribution in [3.8, 4) is 0 Å². The van der Waals surface area contributed by atoms with Crippen molar-refractivity contribution in [3.63, 3.8) is 0 Å². The summed E-state index contributed by atoms with van der Waals surface area (Å²) in [5, 5.41) is 18.5. The molecule has 7 atom stereocenters. The summed E-state index contributed by atoms with van der Waals surface area (Å²) in [7, 11) is 0. The van der Waals surface area contributed by atoms with Crippen molar-refractivity contribution in [3.05, 3.63) is 35.9 Å². The maximum absolute atomic E-state index is 12.6. The standard InChI is InChI=1S/C25H35N3O9/c1-14(23(32)26-11-7-10-19(30)34-12-17-8-5-4-6-9-17)27-24(33)15(2)36-22-20(28-16(3)29)25-35-13-18(37-25)21(22)31/h4-6,8-9,14-15,18,20-22,25,31H,7,10-13H2,1-3H3,(H,26,32)(H,27,33)(H,28,29)/t14-,15+,18+,20+,21+,22+,25+/m0/s1. The first-order valence-corrected chi connectivity index (χ1v) is 12.3. The Morgan fingerprint density at radius 3 is 2.57 bits per heavy atom. The lowest BCUT2D eigenvalue weighted by Gasteiger charge is -2.39. The summed E-state index contributed by atoms with van der Waals surface area (Å²) in [6, 6.07) is 7.65. The van der Waals surface area contributed by atoms with Crippen LogP contribution in [0.1, 0.15) is 39.2 Å². The van der Waals surface area contributed by atoms with E-state index in [9.17, 15) is 24.3 Å². The van der Waals surface area contributed by atoms with E-state index in [1.54, 1.807) is 0 Å². The Kier molecular flexibility index (Phi) is 10.4. The maximum Gasteiger partial charge on any atom is 0.306 e. The van der Waals surface area contributed by atoms with Gasteiger partial charge in [-0.1, -0.05) is 30.3 Å². The number of hydrogen-bond acceptors (Lipinski definition) is 9. The molecule has 0 radical (unpaired) electrons. The lowest BCUT2D eigenvalue weighted by atomic mass is 9.98. The lowest BCUT2D eigenvalue weighted by molar-refractivity contribution is -0.209. The average molecular weight is 522 g/mol. The van der Waals surface area contributed by atoms with E-state index in [0.29, 0.717) is 6.42 Å². The number of benzene rings is 1. The molecule has 37 heavy (non-hydrogen) atoms. The first-order chi connectivity index (χ1) is 17.7. The van der Waals surface area contributed by atoms with Crippen molar-refractivity contribution in [1.82, 2.24) is 16.0 Å². The molecule has 12 nitrogen and oxygen atoms in total. The number of amides is 3. The van der Waals surface area contributed by atoms with E-state index < -0.39 is 54.6 Å². The van der Waals surface area contributed by atoms with Crippen molar-refractivity contribution < 1.29 is 43.2 Å². The van der Waals surface area contributed by atoms with Crippen molar-refractivity contribution >= 4 is 23.7 Å². The van der Waals surface area contributed by atoms with Gasteiger partial charge >= 0.3 is 5.97 Å². The summed E-state index contributed by atoms with van der Waals surface area (Å²) in [4.78, 5) is 48.5. The molecule has 1 aromatic carbocycles. The predicted molar refractivity (Wildman–Crippen MR) is 129 cm³/mol. The van der Waals surface area contributed by atoms with Gasteiger partial charge in [0.25, 0.3) is 0 Å². The fraction of sp³-hybridized carbons (Fsp3) is 0.600. The second kappa shape index (κ2) is 13.5. The molecule has 2 fully saturated rings. The van der Waals surface area contributed by atoms with Gasteiger partial charge in [0.05, 0.1) is 6.61 Å². The molecule has 1 aromatic rings. The van der Waals surface area contributed by atoms with E-state index in [1.807, 2.05) is 30.3 Å². The zero-order valence-corrected chi connectivity index (χ0v) is 21.2. The Bertz CT molecular complexity index is 945. The third-order valence-electron chi connectivity index (χ3n) is 6.05. The molecule has 3 amide bonds. The van der Waals surface area contributed by atoms with Crippen LogP contribution < -0.4 is 16.0 Å². The fourth-order valence-corrected chi connectivity index (χ4v) is 4.04. The number of rotatable bonds is 12. The van der Waals surface area contributed by atoms with Gasteiger partial charge in [-0.05, 0) is 25.8 Å². The molecule has 4 N–H and O–H groups in total. The number of carbonyl (C=O) groups excluding carboxylic acids is 4. The quantitative estimate of drug-likeness (QED) is 0.210. The predicted octanol–water partition coefficient (Wildman–Crippen LogP) is -0.475. The van der Waals surface area contributed by atoms with Crippen LogP contribution in [0.25, 0.3) is 0 Å². The second-order valence-electron chi connectivity index (χ2n) is 9.11. The van der Waals surface area contributed by atoms with Crippen LogP contribution in [-0.2, 0) is 44.7 Å². The fourth-order valence-electron chi connectivity index (χ4n) is 4.04. The van der Waals surface area contributed by atoms with Gasteiger partial charge in [-0.25, -0.2) is 0 Å². The van der Waals surface area contributed by atoms with E-state index in [0.717, 1.165) is 5.56 Å². The topological polar surface area (TPSA) is 162 Å². The zero-order chi connectivity index (χ0) is 26.9. The van der Waals surface area contributed by atoms with Gasteiger partial charge in [-0.3, -0.25) is 19.2 Å². The minimum Gasteiger partial charge on any atom is -0.461 e. The highest BCUT2D eigenvalue weighted by molar-refractivity contribution is 5.88. The molecule has 0 spiro atoms. The number of hydrogen-bond donors (Lipinski definition) is 4. The zero-order valence-electron chi connectivity index (χ0n) is 21.2. The lowest BCUT2D eigenvalue weighted by Crippen LogP contribution is -2.62. The van der Waals surface area contributed by atoms with Gasteiger partial charge < -0.3 is 40.0 Å². The highest BCUT2D eigenvalue weighted by atomic mass is 16.7. The molecule has 0 unspecified atom stereocenters. The molecular formula is C25H35N3O9. The van der Waals surface area contributed by atoms with Gasteiger partial charge in [0.1, 0.15) is 43.1 Å². The van der Waals surface area contributed by atoms with Crippen LogP contribution in [0.3, 0.4) is 0 Å². The molecule has 0 aliphatic carbocycles. The van der Waals surface area contributed by atoms with Gasteiger partial charge in [0.2, 0.25) is 17.7 Å². The average Bonchev–Trinajstić information content (AvgIpc) is 3.33. The van der Waals surface area contributed by atoms with Crippen molar-refractivity contribution in [2.75, 3.05) is 13.2 Å². The van der Waals surface area contributed by atoms with Gasteiger partial charge in [0.15, 0.2) is 6.29 Å². The van der Waals surface area contributed by atoms with Gasteiger partial charge in [0, 0.05) is 19.9 Å². The van der Waals surface area contributed by atoms with Crippen LogP contribution in [0.2, 0.25) is 0 Å². The molecule has 12 heteroatoms. The third kappa shape index (κ3) is 8.22. The number of esters is 1. The molecule has 204 valence electrons. The van der Waals surface area contributed by atoms with Crippen LogP contribution in [0.15, 0.2) is 30.3 Å². The van der Waals surface area contributed by atoms with E-state index in [-0.39, 0.29) is 38.1 Å². The Labute approximate surface area is 215 Å². The second-order valence-corrected chi connectivity index (χ2v) is 9.11. The minimum atomic E-state index is -1.12. The number of carbonyl (C=O) groups is 4. The van der Waals surface area contributed by atoms with Crippen LogP contribution in [0.4, 0.5) is 0 Å². The minimum absolute atomic E-state index is 0.143. The molecule has 2 aliphatic rings. The maximum atomic E-state index is 12.6. The SMILES string of the molecule is CC(=O)N[C@H]1[C@@H]2OC[C@@H](O2)[C@@H](O)[C@@H]1O[C@H](C)C(=O)N[C@@H](C)C(=O)NCCCC(=O)OCc1ccccc1. The normalized spacial score (nSPS) is 26.0. The van der Waals surface area contributed by atoms with E-state index >= 15 is 0 Å². The number of ether oxygens (including phenoxy) is 4. The molecule has 0 aromatic heterocycles. The van der Waals surface area contributed by atoms with Crippen LogP contribution in [0, 0.1) is 0 Å². The van der Waals surface area contributed by atoms with Crippen LogP contribution >= 0.6 is 0 Å². The van der Waals surface area contributed by atoms with Crippen molar-refractivity contribution in [1.29, 1.82) is 0 Å². The summed E-state index contributed by atoms with van der Waals surface area (Å²) in [6.07, 6.45) is -3.99. The summed E-state index contributed by atoms with van der Waals surface area (Å²) in [5.41, 5.74) is 0.893. The molecule has 0 saturated carbocycles. The first kappa shape index (κ1) is 28.5. The molecule has 3 rings (SSSR count). The Morgan fingerprint density at radius 1 is 1.14 bits per heavy atom. The third-order valence-corrected chi connectivity index (χ3v) is 6.05. The highest BCUT2D eigenvalue weighted by Crippen LogP contribution is 2.30. The highest BCUT2D eigenvalue weighted by Gasteiger charge is 2.52. The summed E-state index contributed by atoms with van der Waals surface area (Å²) >= 11 is 0. The molecular weight excluding hydrogens is 486 g/mol. The van der Waals surface area contributed by atoms with E-state index in [4.69, 9.17) is 18.9 Å². The van der Waals surface area contributed by atoms with E-state index in [1.165, 1.54) is 20.8 Å². The molecule has 2 heterocycles. The Balaban J connectivity index is 1.37. The van der Waals surface area contributed by atoms with E-state index in [2.05, 4.69) is 16.0 Å². The van der Waals surface area contributed by atoms with Crippen molar-refractivity contribution in [2.24, 2.45) is 0 Å². The van der Waals surface area contributed by atoms with Crippen LogP contribution in [0.5, 0.6) is 0 Å². The summed E-state index contributed by atoms with van der Waals surface area (Å²) in [6.45, 7) is 4.89. The largest absolute Gasteiger partial charge is 0.461 e. The first-order valence-electron chi connectivity index (χ1n) is 12.3. The Hall–Kier alpha value is -3.06. The smallest absolute Gasteiger partial charge is 0.306 e. The molecule has 2 aliphatic heterocycles. The molecule has 2 bridgehead atoms. The monoisotopic (exact) mass is 521 g/mol. The molecule has 2 saturated heterocycles. The number of aliphatic hydroxyl groups is 1. The summed E-state index contributed by atoms with van der Waals surface area (Å²) < 4.78 is 22.0. The number of fused-ring (bicyclic) bond motifs is 2.